The Hall–Kier alpha value is -2.96. The van der Waals surface area contributed by atoms with E-state index in [-0.39, 0.29) is 5.91 Å². The molecule has 1 saturated heterocycles. The Labute approximate surface area is 146 Å². The number of benzene rings is 1. The molecular formula is C18H21N5O2. The summed E-state index contributed by atoms with van der Waals surface area (Å²) >= 11 is 0. The number of nitrogens with one attached hydrogen (secondary N) is 1. The maximum absolute atomic E-state index is 12.5. The molecule has 0 spiro atoms. The first kappa shape index (κ1) is 16.9. The second-order valence-electron chi connectivity index (χ2n) is 5.88. The molecule has 1 fully saturated rings. The van der Waals surface area contributed by atoms with Crippen LogP contribution in [0.15, 0.2) is 42.7 Å². The lowest BCUT2D eigenvalue weighted by Crippen LogP contribution is -2.48. The average molecular weight is 339 g/mol. The largest absolute Gasteiger partial charge is 0.370 e. The topological polar surface area (TPSA) is 78.4 Å². The third kappa shape index (κ3) is 4.53. The maximum atomic E-state index is 12.5. The van der Waals surface area contributed by atoms with E-state index >= 15 is 0 Å². The fraction of sp³-hybridized carbons (Fsp3) is 0.333. The molecule has 7 nitrogen and oxygen atoms in total. The van der Waals surface area contributed by atoms with E-state index in [9.17, 15) is 9.59 Å². The second-order valence-corrected chi connectivity index (χ2v) is 5.88. The van der Waals surface area contributed by atoms with Gasteiger partial charge in [0.15, 0.2) is 0 Å². The molecule has 7 heteroatoms. The fourth-order valence-electron chi connectivity index (χ4n) is 2.74. The molecule has 0 radical (unpaired) electrons. The van der Waals surface area contributed by atoms with Crippen LogP contribution >= 0.6 is 0 Å². The predicted molar refractivity (Wildman–Crippen MR) is 94.2 cm³/mol. The normalized spacial score (nSPS) is 14.2. The molecule has 1 N–H and O–H groups in total. The molecule has 25 heavy (non-hydrogen) atoms. The molecule has 2 heterocycles. The van der Waals surface area contributed by atoms with Gasteiger partial charge >= 0.3 is 0 Å². The highest BCUT2D eigenvalue weighted by molar-refractivity contribution is 5.93. The van der Waals surface area contributed by atoms with Gasteiger partial charge in [-0.1, -0.05) is 30.3 Å². The number of aromatic nitrogens is 2. The Kier molecular flexibility index (Phi) is 5.56. The van der Waals surface area contributed by atoms with Gasteiger partial charge in [0.05, 0.1) is 0 Å². The summed E-state index contributed by atoms with van der Waals surface area (Å²) in [5.74, 6) is 0.514. The number of amides is 2. The summed E-state index contributed by atoms with van der Waals surface area (Å²) in [7, 11) is 0. The summed E-state index contributed by atoms with van der Waals surface area (Å²) in [6.07, 6.45) is 3.10. The van der Waals surface area contributed by atoms with Crippen molar-refractivity contribution in [2.45, 2.75) is 6.42 Å². The van der Waals surface area contributed by atoms with E-state index in [1.165, 1.54) is 11.9 Å². The number of rotatable bonds is 6. The zero-order chi connectivity index (χ0) is 17.5. The van der Waals surface area contributed by atoms with Crippen molar-refractivity contribution in [1.29, 1.82) is 0 Å². The Bertz CT molecular complexity index is 714. The second kappa shape index (κ2) is 8.23. The molecule has 0 aliphatic carbocycles. The van der Waals surface area contributed by atoms with E-state index in [4.69, 9.17) is 0 Å². The molecule has 1 aromatic heterocycles. The van der Waals surface area contributed by atoms with E-state index < -0.39 is 0 Å². The molecule has 0 saturated carbocycles. The minimum absolute atomic E-state index is 0.126. The lowest BCUT2D eigenvalue weighted by atomic mass is 10.1. The van der Waals surface area contributed by atoms with Crippen LogP contribution in [0.2, 0.25) is 0 Å². The van der Waals surface area contributed by atoms with Crippen molar-refractivity contribution in [3.8, 4) is 0 Å². The fourth-order valence-corrected chi connectivity index (χ4v) is 2.74. The van der Waals surface area contributed by atoms with Crippen LogP contribution in [0, 0.1) is 0 Å². The van der Waals surface area contributed by atoms with E-state index in [1.54, 1.807) is 15.9 Å². The summed E-state index contributed by atoms with van der Waals surface area (Å²) in [4.78, 5) is 34.9. The van der Waals surface area contributed by atoms with E-state index in [0.717, 1.165) is 19.4 Å². The standard InChI is InChI=1S/C18H21N5O2/c24-14-22-8-10-23(11-9-22)18(25)16-12-17(21-13-20-16)19-7-6-15-4-2-1-3-5-15/h1-5,12-14H,6-11H2,(H,19,20,21). The average Bonchev–Trinajstić information content (AvgIpc) is 2.68. The van der Waals surface area contributed by atoms with Crippen LogP contribution < -0.4 is 5.32 Å². The molecule has 0 unspecified atom stereocenters. The third-order valence-electron chi connectivity index (χ3n) is 4.20. The molecule has 0 bridgehead atoms. The van der Waals surface area contributed by atoms with Crippen molar-refractivity contribution >= 4 is 18.1 Å². The monoisotopic (exact) mass is 339 g/mol. The first-order valence-corrected chi connectivity index (χ1v) is 8.35. The number of hydrogen-bond acceptors (Lipinski definition) is 5. The van der Waals surface area contributed by atoms with Gasteiger partial charge in [-0.05, 0) is 12.0 Å². The van der Waals surface area contributed by atoms with Crippen LogP contribution in [0.1, 0.15) is 16.1 Å². The summed E-state index contributed by atoms with van der Waals surface area (Å²) in [6.45, 7) is 2.90. The minimum atomic E-state index is -0.126. The molecule has 1 aliphatic rings. The zero-order valence-electron chi connectivity index (χ0n) is 14.0. The van der Waals surface area contributed by atoms with Crippen molar-refractivity contribution in [2.75, 3.05) is 38.0 Å². The van der Waals surface area contributed by atoms with Crippen LogP contribution in [0.5, 0.6) is 0 Å². The number of anilines is 1. The van der Waals surface area contributed by atoms with Crippen molar-refractivity contribution in [2.24, 2.45) is 0 Å². The van der Waals surface area contributed by atoms with Gasteiger partial charge in [-0.2, -0.15) is 0 Å². The van der Waals surface area contributed by atoms with E-state index in [1.807, 2.05) is 18.2 Å². The minimum Gasteiger partial charge on any atom is -0.370 e. The molecule has 2 aromatic rings. The number of nitrogens with zero attached hydrogens (tertiary/aromatic N) is 4. The number of carbonyl (C=O) groups excluding carboxylic acids is 2. The smallest absolute Gasteiger partial charge is 0.272 e. The Balaban J connectivity index is 1.55. The van der Waals surface area contributed by atoms with Crippen molar-refractivity contribution in [3.63, 3.8) is 0 Å². The van der Waals surface area contributed by atoms with Crippen molar-refractivity contribution in [3.05, 3.63) is 54.0 Å². The molecule has 1 aliphatic heterocycles. The molecule has 2 amide bonds. The van der Waals surface area contributed by atoms with Gasteiger partial charge in [-0.25, -0.2) is 9.97 Å². The summed E-state index contributed by atoms with van der Waals surface area (Å²) in [5.41, 5.74) is 1.62. The molecule has 0 atom stereocenters. The summed E-state index contributed by atoms with van der Waals surface area (Å²) in [5, 5.41) is 3.23. The highest BCUT2D eigenvalue weighted by Gasteiger charge is 2.22. The highest BCUT2D eigenvalue weighted by atomic mass is 16.2. The van der Waals surface area contributed by atoms with Crippen molar-refractivity contribution in [1.82, 2.24) is 19.8 Å². The van der Waals surface area contributed by atoms with Gasteiger partial charge in [0, 0.05) is 38.8 Å². The van der Waals surface area contributed by atoms with Crippen LogP contribution in [0.3, 0.4) is 0 Å². The summed E-state index contributed by atoms with van der Waals surface area (Å²) in [6, 6.07) is 11.9. The van der Waals surface area contributed by atoms with E-state index in [0.29, 0.717) is 37.7 Å². The maximum Gasteiger partial charge on any atom is 0.272 e. The molecule has 130 valence electrons. The highest BCUT2D eigenvalue weighted by Crippen LogP contribution is 2.10. The van der Waals surface area contributed by atoms with Gasteiger partial charge in [0.2, 0.25) is 6.41 Å². The third-order valence-corrected chi connectivity index (χ3v) is 4.20. The number of hydrogen-bond donors (Lipinski definition) is 1. The first-order chi connectivity index (χ1) is 12.3. The van der Waals surface area contributed by atoms with Crippen molar-refractivity contribution < 1.29 is 9.59 Å². The SMILES string of the molecule is O=CN1CCN(C(=O)c2cc(NCCc3ccccc3)ncn2)CC1. The Morgan fingerprint density at radius 1 is 1.12 bits per heavy atom. The molecular weight excluding hydrogens is 318 g/mol. The number of carbonyl (C=O) groups is 2. The molecule has 1 aromatic carbocycles. The van der Waals surface area contributed by atoms with Crippen LogP contribution in [-0.2, 0) is 11.2 Å². The van der Waals surface area contributed by atoms with Gasteiger partial charge < -0.3 is 15.1 Å². The van der Waals surface area contributed by atoms with E-state index in [2.05, 4.69) is 27.4 Å². The molecule has 3 rings (SSSR count). The van der Waals surface area contributed by atoms with Crippen LogP contribution in [-0.4, -0.2) is 64.8 Å². The quantitative estimate of drug-likeness (QED) is 0.796. The van der Waals surface area contributed by atoms with Crippen LogP contribution in [0.25, 0.3) is 0 Å². The predicted octanol–water partition coefficient (Wildman–Crippen LogP) is 1.05. The van der Waals surface area contributed by atoms with Gasteiger partial charge in [0.25, 0.3) is 5.91 Å². The lowest BCUT2D eigenvalue weighted by Gasteiger charge is -2.32. The summed E-state index contributed by atoms with van der Waals surface area (Å²) < 4.78 is 0. The van der Waals surface area contributed by atoms with Gasteiger partial charge in [-0.3, -0.25) is 9.59 Å². The lowest BCUT2D eigenvalue weighted by molar-refractivity contribution is -0.119. The van der Waals surface area contributed by atoms with Gasteiger partial charge in [-0.15, -0.1) is 0 Å². The van der Waals surface area contributed by atoms with Crippen LogP contribution in [0.4, 0.5) is 5.82 Å². The zero-order valence-corrected chi connectivity index (χ0v) is 14.0. The Morgan fingerprint density at radius 3 is 2.60 bits per heavy atom. The van der Waals surface area contributed by atoms with Gasteiger partial charge in [0.1, 0.15) is 17.8 Å². The number of piperazine rings is 1. The Morgan fingerprint density at radius 2 is 1.88 bits per heavy atom. The first-order valence-electron chi connectivity index (χ1n) is 8.35.